The molecule has 0 amide bonds. The second kappa shape index (κ2) is 6.11. The van der Waals surface area contributed by atoms with Gasteiger partial charge in [0, 0.05) is 24.6 Å². The van der Waals surface area contributed by atoms with E-state index in [1.54, 1.807) is 6.26 Å². The molecule has 1 atom stereocenters. The van der Waals surface area contributed by atoms with Crippen molar-refractivity contribution in [3.8, 4) is 0 Å². The van der Waals surface area contributed by atoms with Gasteiger partial charge >= 0.3 is 0 Å². The van der Waals surface area contributed by atoms with Gasteiger partial charge in [0.15, 0.2) is 4.67 Å². The molecule has 6 heteroatoms. The van der Waals surface area contributed by atoms with E-state index in [4.69, 9.17) is 16.0 Å². The van der Waals surface area contributed by atoms with Gasteiger partial charge in [0.2, 0.25) is 0 Å². The third kappa shape index (κ3) is 2.88. The normalized spacial score (nSPS) is 12.9. The third-order valence-corrected chi connectivity index (χ3v) is 4.36. The zero-order chi connectivity index (χ0) is 14.0. The van der Waals surface area contributed by atoms with Crippen molar-refractivity contribution in [2.75, 3.05) is 7.05 Å². The predicted octanol–water partition coefficient (Wildman–Crippen LogP) is 3.72. The van der Waals surface area contributed by atoms with Crippen LogP contribution < -0.4 is 5.32 Å². The Morgan fingerprint density at radius 1 is 1.58 bits per heavy atom. The minimum Gasteiger partial charge on any atom is -0.457 e. The molecule has 0 bridgehead atoms. The molecule has 0 radical (unpaired) electrons. The largest absolute Gasteiger partial charge is 0.457 e. The topological polar surface area (TPSA) is 43.0 Å². The second-order valence-electron chi connectivity index (χ2n) is 4.36. The summed E-state index contributed by atoms with van der Waals surface area (Å²) in [5, 5.41) is 8.48. The van der Waals surface area contributed by atoms with Crippen LogP contribution >= 0.6 is 27.5 Å². The first-order chi connectivity index (χ1) is 9.08. The lowest BCUT2D eigenvalue weighted by Crippen LogP contribution is -2.20. The van der Waals surface area contributed by atoms with E-state index in [9.17, 15) is 0 Å². The molecule has 1 N–H and O–H groups in total. The van der Waals surface area contributed by atoms with E-state index in [0.717, 1.165) is 39.6 Å². The summed E-state index contributed by atoms with van der Waals surface area (Å²) in [4.78, 5) is 0. The summed E-state index contributed by atoms with van der Waals surface area (Å²) in [5.74, 6) is 0. The zero-order valence-corrected chi connectivity index (χ0v) is 13.5. The molecule has 104 valence electrons. The van der Waals surface area contributed by atoms with E-state index >= 15 is 0 Å². The first-order valence-corrected chi connectivity index (χ1v) is 7.37. The van der Waals surface area contributed by atoms with Crippen LogP contribution in [0.5, 0.6) is 0 Å². The van der Waals surface area contributed by atoms with Crippen LogP contribution in [-0.2, 0) is 13.0 Å². The number of nitrogens with one attached hydrogen (secondary N) is 1. The average molecular weight is 347 g/mol. The molecule has 0 aliphatic carbocycles. The Kier molecular flexibility index (Phi) is 4.71. The maximum atomic E-state index is 6.35. The molecule has 4 nitrogen and oxygen atoms in total. The van der Waals surface area contributed by atoms with Crippen LogP contribution in [-0.4, -0.2) is 16.8 Å². The van der Waals surface area contributed by atoms with Gasteiger partial charge in [-0.15, -0.1) is 0 Å². The zero-order valence-electron chi connectivity index (χ0n) is 11.2. The summed E-state index contributed by atoms with van der Waals surface area (Å²) in [6.07, 6.45) is 2.44. The molecule has 1 unspecified atom stereocenters. The molecule has 2 rings (SSSR count). The van der Waals surface area contributed by atoms with Crippen molar-refractivity contribution in [1.82, 2.24) is 15.1 Å². The molecule has 0 aromatic carbocycles. The van der Waals surface area contributed by atoms with Crippen molar-refractivity contribution in [3.05, 3.63) is 39.0 Å². The molecular weight excluding hydrogens is 330 g/mol. The number of likely N-dealkylation sites (N-methyl/N-ethyl adjacent to an activating group) is 1. The van der Waals surface area contributed by atoms with Crippen molar-refractivity contribution in [2.24, 2.45) is 0 Å². The Hall–Kier alpha value is -0.780. The molecule has 0 aliphatic rings. The Morgan fingerprint density at radius 3 is 2.84 bits per heavy atom. The maximum absolute atomic E-state index is 6.35. The summed E-state index contributed by atoms with van der Waals surface area (Å²) in [7, 11) is 1.93. The summed E-state index contributed by atoms with van der Waals surface area (Å²) in [6.45, 7) is 4.81. The highest BCUT2D eigenvalue weighted by atomic mass is 79.9. The van der Waals surface area contributed by atoms with Crippen LogP contribution in [0.4, 0.5) is 0 Å². The van der Waals surface area contributed by atoms with E-state index in [1.807, 2.05) is 24.7 Å². The highest BCUT2D eigenvalue weighted by molar-refractivity contribution is 9.10. The van der Waals surface area contributed by atoms with Crippen LogP contribution in [0.3, 0.4) is 0 Å². The Morgan fingerprint density at radius 2 is 2.32 bits per heavy atom. The molecular formula is C13H17BrClN3O. The molecule has 0 fully saturated rings. The average Bonchev–Trinajstić information content (AvgIpc) is 2.93. The van der Waals surface area contributed by atoms with Crippen molar-refractivity contribution in [2.45, 2.75) is 32.9 Å². The standard InChI is InChI=1S/C13H17BrClN3O/c1-4-18-11(12(15)8(2)17-18)7-10(16-3)9-5-6-19-13(9)14/h5-6,10,16H,4,7H2,1-3H3. The first-order valence-electron chi connectivity index (χ1n) is 6.20. The highest BCUT2D eigenvalue weighted by Gasteiger charge is 2.20. The number of furan rings is 1. The first kappa shape index (κ1) is 14.6. The van der Waals surface area contributed by atoms with Gasteiger partial charge in [0.1, 0.15) is 0 Å². The van der Waals surface area contributed by atoms with Crippen LogP contribution in [0.25, 0.3) is 0 Å². The quantitative estimate of drug-likeness (QED) is 0.897. The number of halogens is 2. The van der Waals surface area contributed by atoms with Crippen LogP contribution in [0.15, 0.2) is 21.4 Å². The van der Waals surface area contributed by atoms with Gasteiger partial charge in [-0.2, -0.15) is 5.10 Å². The third-order valence-electron chi connectivity index (χ3n) is 3.22. The second-order valence-corrected chi connectivity index (χ2v) is 5.46. The van der Waals surface area contributed by atoms with Gasteiger partial charge < -0.3 is 9.73 Å². The lowest BCUT2D eigenvalue weighted by Gasteiger charge is -2.16. The Labute approximate surface area is 126 Å². The fraction of sp³-hybridized carbons (Fsp3) is 0.462. The lowest BCUT2D eigenvalue weighted by molar-refractivity contribution is 0.507. The van der Waals surface area contributed by atoms with Gasteiger partial charge in [-0.3, -0.25) is 4.68 Å². The monoisotopic (exact) mass is 345 g/mol. The van der Waals surface area contributed by atoms with Crippen molar-refractivity contribution < 1.29 is 4.42 Å². The molecule has 0 spiro atoms. The van der Waals surface area contributed by atoms with E-state index < -0.39 is 0 Å². The minimum absolute atomic E-state index is 0.132. The molecule has 2 aromatic rings. The predicted molar refractivity (Wildman–Crippen MR) is 79.6 cm³/mol. The summed E-state index contributed by atoms with van der Waals surface area (Å²) in [5.41, 5.74) is 3.01. The van der Waals surface area contributed by atoms with E-state index in [-0.39, 0.29) is 6.04 Å². The maximum Gasteiger partial charge on any atom is 0.173 e. The smallest absolute Gasteiger partial charge is 0.173 e. The highest BCUT2D eigenvalue weighted by Crippen LogP contribution is 2.30. The Bertz CT molecular complexity index is 564. The van der Waals surface area contributed by atoms with E-state index in [2.05, 4.69) is 33.3 Å². The number of nitrogens with zero attached hydrogens (tertiary/aromatic N) is 2. The summed E-state index contributed by atoms with van der Waals surface area (Å²) >= 11 is 9.77. The number of aryl methyl sites for hydroxylation is 2. The van der Waals surface area contributed by atoms with E-state index in [0.29, 0.717) is 0 Å². The lowest BCUT2D eigenvalue weighted by atomic mass is 10.1. The number of aromatic nitrogens is 2. The van der Waals surface area contributed by atoms with Crippen molar-refractivity contribution in [3.63, 3.8) is 0 Å². The summed E-state index contributed by atoms with van der Waals surface area (Å²) in [6, 6.07) is 2.09. The summed E-state index contributed by atoms with van der Waals surface area (Å²) < 4.78 is 8.00. The van der Waals surface area contributed by atoms with E-state index in [1.165, 1.54) is 0 Å². The van der Waals surface area contributed by atoms with Gasteiger partial charge in [0.05, 0.1) is 22.7 Å². The van der Waals surface area contributed by atoms with Gasteiger partial charge in [-0.05, 0) is 42.9 Å². The number of rotatable bonds is 5. The van der Waals surface area contributed by atoms with Crippen molar-refractivity contribution >= 4 is 27.5 Å². The van der Waals surface area contributed by atoms with Gasteiger partial charge in [-0.1, -0.05) is 11.6 Å². The molecule has 2 aromatic heterocycles. The Balaban J connectivity index is 2.31. The fourth-order valence-electron chi connectivity index (χ4n) is 2.18. The number of hydrogen-bond acceptors (Lipinski definition) is 3. The van der Waals surface area contributed by atoms with Crippen LogP contribution in [0, 0.1) is 6.92 Å². The van der Waals surface area contributed by atoms with Gasteiger partial charge in [0.25, 0.3) is 0 Å². The molecule has 2 heterocycles. The minimum atomic E-state index is 0.132. The molecule has 0 saturated carbocycles. The van der Waals surface area contributed by atoms with Crippen LogP contribution in [0.1, 0.15) is 29.9 Å². The molecule has 19 heavy (non-hydrogen) atoms. The SMILES string of the molecule is CCn1nc(C)c(Cl)c1CC(NC)c1ccoc1Br. The van der Waals surface area contributed by atoms with Crippen LogP contribution in [0.2, 0.25) is 5.02 Å². The number of hydrogen-bond donors (Lipinski definition) is 1. The van der Waals surface area contributed by atoms with Crippen molar-refractivity contribution in [1.29, 1.82) is 0 Å². The molecule has 0 aliphatic heterocycles. The van der Waals surface area contributed by atoms with Gasteiger partial charge in [-0.25, -0.2) is 0 Å². The molecule has 0 saturated heterocycles. The fourth-order valence-corrected chi connectivity index (χ4v) is 2.91.